The highest BCUT2D eigenvalue weighted by atomic mass is 79.9. The molecule has 0 spiro atoms. The van der Waals surface area contributed by atoms with Crippen LogP contribution in [-0.2, 0) is 0 Å². The summed E-state index contributed by atoms with van der Waals surface area (Å²) in [6.45, 7) is -1.89. The minimum Gasteiger partial charge on any atom is -0.329 e. The summed E-state index contributed by atoms with van der Waals surface area (Å²) in [4.78, 5) is 12.1. The Balaban J connectivity index is 3.06. The van der Waals surface area contributed by atoms with Gasteiger partial charge in [0, 0.05) is 17.4 Å². The third-order valence-electron chi connectivity index (χ3n) is 2.24. The van der Waals surface area contributed by atoms with E-state index in [9.17, 15) is 31.1 Å². The first-order valence-electron chi connectivity index (χ1n) is 5.22. The SMILES string of the molecule is O=C(c1cc(F)c(F)c(F)c1)N(CCBr)CC(F)(F)F. The van der Waals surface area contributed by atoms with Crippen LogP contribution in [0, 0.1) is 17.5 Å². The minimum absolute atomic E-state index is 0.0426. The molecule has 0 heterocycles. The first kappa shape index (κ1) is 16.8. The van der Waals surface area contributed by atoms with Crippen LogP contribution in [0.3, 0.4) is 0 Å². The molecule has 0 aliphatic heterocycles. The Hall–Kier alpha value is -1.25. The maximum absolute atomic E-state index is 13.0. The Morgan fingerprint density at radius 1 is 1.15 bits per heavy atom. The minimum atomic E-state index is -4.66. The van der Waals surface area contributed by atoms with E-state index in [1.54, 1.807) is 0 Å². The van der Waals surface area contributed by atoms with Gasteiger partial charge in [-0.25, -0.2) is 13.2 Å². The summed E-state index contributed by atoms with van der Waals surface area (Å²) in [6.07, 6.45) is -4.66. The topological polar surface area (TPSA) is 20.3 Å². The number of carbonyl (C=O) groups is 1. The highest BCUT2D eigenvalue weighted by Gasteiger charge is 2.33. The molecule has 0 bridgehead atoms. The number of hydrogen-bond donors (Lipinski definition) is 0. The summed E-state index contributed by atoms with van der Waals surface area (Å²) in [7, 11) is 0. The zero-order chi connectivity index (χ0) is 15.5. The van der Waals surface area contributed by atoms with E-state index in [2.05, 4.69) is 15.9 Å². The number of rotatable bonds is 4. The molecule has 0 fully saturated rings. The average molecular weight is 364 g/mol. The lowest BCUT2D eigenvalue weighted by Gasteiger charge is -2.23. The normalized spacial score (nSPS) is 11.6. The van der Waals surface area contributed by atoms with Crippen LogP contribution in [0.15, 0.2) is 12.1 Å². The highest BCUT2D eigenvalue weighted by molar-refractivity contribution is 9.09. The van der Waals surface area contributed by atoms with Crippen molar-refractivity contribution in [1.29, 1.82) is 0 Å². The van der Waals surface area contributed by atoms with Gasteiger partial charge in [0.15, 0.2) is 17.5 Å². The molecule has 0 radical (unpaired) electrons. The van der Waals surface area contributed by atoms with Gasteiger partial charge < -0.3 is 4.90 Å². The van der Waals surface area contributed by atoms with E-state index in [0.29, 0.717) is 17.0 Å². The van der Waals surface area contributed by atoms with Gasteiger partial charge in [0.2, 0.25) is 0 Å². The maximum atomic E-state index is 13.0. The molecule has 0 atom stereocenters. The fourth-order valence-electron chi connectivity index (χ4n) is 1.43. The molecule has 0 aliphatic rings. The predicted octanol–water partition coefficient (Wildman–Crippen LogP) is 3.50. The van der Waals surface area contributed by atoms with Gasteiger partial charge in [-0.1, -0.05) is 15.9 Å². The first-order valence-corrected chi connectivity index (χ1v) is 6.34. The quantitative estimate of drug-likeness (QED) is 0.455. The standard InChI is InChI=1S/C11H8BrF6NO/c12-1-2-19(5-11(16,17)18)10(20)6-3-7(13)9(15)8(14)4-6/h3-4H,1-2,5H2. The summed E-state index contributed by atoms with van der Waals surface area (Å²) in [5.74, 6) is -6.30. The third kappa shape index (κ3) is 4.39. The van der Waals surface area contributed by atoms with Crippen molar-refractivity contribution >= 4 is 21.8 Å². The van der Waals surface area contributed by atoms with E-state index >= 15 is 0 Å². The summed E-state index contributed by atoms with van der Waals surface area (Å²) in [5.41, 5.74) is -0.688. The third-order valence-corrected chi connectivity index (χ3v) is 2.60. The summed E-state index contributed by atoms with van der Waals surface area (Å²) in [5, 5.41) is 0.0426. The molecule has 1 aromatic rings. The molecule has 1 rings (SSSR count). The first-order chi connectivity index (χ1) is 9.15. The Morgan fingerprint density at radius 2 is 1.65 bits per heavy atom. The van der Waals surface area contributed by atoms with Gasteiger partial charge in [-0.05, 0) is 12.1 Å². The molecule has 0 saturated carbocycles. The molecule has 0 aliphatic carbocycles. The molecule has 0 saturated heterocycles. The van der Waals surface area contributed by atoms with E-state index < -0.39 is 41.6 Å². The van der Waals surface area contributed by atoms with Crippen LogP contribution in [0.1, 0.15) is 10.4 Å². The van der Waals surface area contributed by atoms with Gasteiger partial charge in [0.1, 0.15) is 6.54 Å². The zero-order valence-electron chi connectivity index (χ0n) is 9.78. The van der Waals surface area contributed by atoms with Crippen molar-refractivity contribution < 1.29 is 31.1 Å². The summed E-state index contributed by atoms with van der Waals surface area (Å²) < 4.78 is 75.6. The van der Waals surface area contributed by atoms with Crippen LogP contribution in [-0.4, -0.2) is 35.4 Å². The van der Waals surface area contributed by atoms with Gasteiger partial charge in [0.25, 0.3) is 5.91 Å². The van der Waals surface area contributed by atoms with Crippen LogP contribution >= 0.6 is 15.9 Å². The number of benzene rings is 1. The van der Waals surface area contributed by atoms with Crippen molar-refractivity contribution in [1.82, 2.24) is 4.90 Å². The van der Waals surface area contributed by atoms with Crippen molar-refractivity contribution in [3.8, 4) is 0 Å². The van der Waals surface area contributed by atoms with Crippen molar-refractivity contribution in [3.05, 3.63) is 35.1 Å². The molecule has 20 heavy (non-hydrogen) atoms. The monoisotopic (exact) mass is 363 g/mol. The number of carbonyl (C=O) groups excluding carboxylic acids is 1. The van der Waals surface area contributed by atoms with Crippen LogP contribution in [0.4, 0.5) is 26.3 Å². The molecule has 0 aromatic heterocycles. The summed E-state index contributed by atoms with van der Waals surface area (Å²) in [6, 6.07) is 0.719. The predicted molar refractivity (Wildman–Crippen MR) is 62.1 cm³/mol. The lowest BCUT2D eigenvalue weighted by atomic mass is 10.1. The van der Waals surface area contributed by atoms with Crippen LogP contribution in [0.25, 0.3) is 0 Å². The van der Waals surface area contributed by atoms with Crippen LogP contribution in [0.2, 0.25) is 0 Å². The van der Waals surface area contributed by atoms with E-state index in [-0.39, 0.29) is 11.9 Å². The van der Waals surface area contributed by atoms with E-state index in [1.165, 1.54) is 0 Å². The van der Waals surface area contributed by atoms with E-state index in [4.69, 9.17) is 0 Å². The van der Waals surface area contributed by atoms with Crippen LogP contribution < -0.4 is 0 Å². The van der Waals surface area contributed by atoms with Crippen molar-refractivity contribution in [2.45, 2.75) is 6.18 Å². The lowest BCUT2D eigenvalue weighted by Crippen LogP contribution is -2.40. The molecule has 0 N–H and O–H groups in total. The smallest absolute Gasteiger partial charge is 0.329 e. The molecular weight excluding hydrogens is 356 g/mol. The van der Waals surface area contributed by atoms with Gasteiger partial charge in [0.05, 0.1) is 0 Å². The van der Waals surface area contributed by atoms with Gasteiger partial charge in [-0.3, -0.25) is 4.79 Å². The second-order valence-electron chi connectivity index (χ2n) is 3.78. The van der Waals surface area contributed by atoms with Gasteiger partial charge in [-0.15, -0.1) is 0 Å². The molecule has 1 amide bonds. The second-order valence-corrected chi connectivity index (χ2v) is 4.58. The molecule has 0 unspecified atom stereocenters. The number of halogens is 7. The van der Waals surface area contributed by atoms with E-state index in [1.807, 2.05) is 0 Å². The fraction of sp³-hybridized carbons (Fsp3) is 0.364. The maximum Gasteiger partial charge on any atom is 0.406 e. The van der Waals surface area contributed by atoms with E-state index in [0.717, 1.165) is 0 Å². The summed E-state index contributed by atoms with van der Waals surface area (Å²) >= 11 is 2.87. The zero-order valence-corrected chi connectivity index (χ0v) is 11.4. The Kier molecular flexibility index (Phi) is 5.43. The molecule has 9 heteroatoms. The van der Waals surface area contributed by atoms with Crippen molar-refractivity contribution in [2.24, 2.45) is 0 Å². The van der Waals surface area contributed by atoms with Gasteiger partial charge >= 0.3 is 6.18 Å². The van der Waals surface area contributed by atoms with Crippen molar-refractivity contribution in [3.63, 3.8) is 0 Å². The number of alkyl halides is 4. The lowest BCUT2D eigenvalue weighted by molar-refractivity contribution is -0.140. The number of amides is 1. The van der Waals surface area contributed by atoms with Gasteiger partial charge in [-0.2, -0.15) is 13.2 Å². The average Bonchev–Trinajstić information content (AvgIpc) is 2.32. The molecule has 112 valence electrons. The molecule has 2 nitrogen and oxygen atoms in total. The number of nitrogens with zero attached hydrogens (tertiary/aromatic N) is 1. The molecule has 1 aromatic carbocycles. The molecular formula is C11H8BrF6NO. The second kappa shape index (κ2) is 6.47. The fourth-order valence-corrected chi connectivity index (χ4v) is 1.86. The Morgan fingerprint density at radius 3 is 2.05 bits per heavy atom. The van der Waals surface area contributed by atoms with Crippen molar-refractivity contribution in [2.75, 3.05) is 18.4 Å². The Labute approximate surface area is 118 Å². The highest BCUT2D eigenvalue weighted by Crippen LogP contribution is 2.20. The Bertz CT molecular complexity index is 481. The largest absolute Gasteiger partial charge is 0.406 e. The van der Waals surface area contributed by atoms with Crippen LogP contribution in [0.5, 0.6) is 0 Å². The number of hydrogen-bond acceptors (Lipinski definition) is 1.